The minimum Gasteiger partial charge on any atom is -0.378 e. The van der Waals surface area contributed by atoms with Crippen molar-refractivity contribution in [2.45, 2.75) is 6.54 Å². The molecule has 0 spiro atoms. The normalized spacial score (nSPS) is 14.8. The van der Waals surface area contributed by atoms with Crippen molar-refractivity contribution in [3.05, 3.63) is 71.9 Å². The van der Waals surface area contributed by atoms with Crippen LogP contribution >= 0.6 is 0 Å². The molecule has 6 rings (SSSR count). The predicted octanol–water partition coefficient (Wildman–Crippen LogP) is 3.54. The third-order valence-corrected chi connectivity index (χ3v) is 6.10. The highest BCUT2D eigenvalue weighted by Gasteiger charge is 2.27. The lowest BCUT2D eigenvalue weighted by Crippen LogP contribution is -2.36. The van der Waals surface area contributed by atoms with Crippen LogP contribution < -0.4 is 15.5 Å². The summed E-state index contributed by atoms with van der Waals surface area (Å²) in [5.74, 6) is 0.180. The van der Waals surface area contributed by atoms with E-state index in [4.69, 9.17) is 4.74 Å². The zero-order chi connectivity index (χ0) is 25.9. The van der Waals surface area contributed by atoms with Crippen LogP contribution in [0.2, 0.25) is 0 Å². The summed E-state index contributed by atoms with van der Waals surface area (Å²) in [5, 5.41) is 6.21. The molecule has 2 aliphatic heterocycles. The van der Waals surface area contributed by atoms with E-state index >= 15 is 0 Å². The smallest absolute Gasteiger partial charge is 0.254 e. The Hall–Kier alpha value is -4.02. The molecule has 0 saturated carbocycles. The molecule has 4 aromatic rings. The Morgan fingerprint density at radius 1 is 1.05 bits per heavy atom. The second-order valence-electron chi connectivity index (χ2n) is 9.38. The average molecular weight is 504 g/mol. The fraction of sp³-hybridized carbons (Fsp3) is 0.296. The number of nitrogens with zero attached hydrogens (tertiary/aromatic N) is 5. The summed E-state index contributed by atoms with van der Waals surface area (Å²) in [5.41, 5.74) is 5.40. The molecule has 192 valence electrons. The molecular weight excluding hydrogens is 473 g/mol. The molecule has 1 amide bonds. The summed E-state index contributed by atoms with van der Waals surface area (Å²) in [6.45, 7) is 3.54. The van der Waals surface area contributed by atoms with Gasteiger partial charge in [-0.1, -0.05) is 6.07 Å². The molecule has 1 aromatic carbocycles. The summed E-state index contributed by atoms with van der Waals surface area (Å²) in [6, 6.07) is 10.5. The monoisotopic (exact) mass is 503 g/mol. The summed E-state index contributed by atoms with van der Waals surface area (Å²) in [4.78, 5) is 25.8. The van der Waals surface area contributed by atoms with Gasteiger partial charge in [0.05, 0.1) is 48.2 Å². The van der Waals surface area contributed by atoms with E-state index in [9.17, 15) is 9.18 Å². The number of anilines is 3. The molecule has 1 fully saturated rings. The summed E-state index contributed by atoms with van der Waals surface area (Å²) in [6.07, 6.45) is 5.18. The quantitative estimate of drug-likeness (QED) is 0.441. The van der Waals surface area contributed by atoms with Crippen molar-refractivity contribution in [1.82, 2.24) is 24.6 Å². The van der Waals surface area contributed by atoms with Gasteiger partial charge in [-0.05, 0) is 51.0 Å². The molecule has 10 heteroatoms. The third kappa shape index (κ3) is 5.25. The standard InChI is InChI=1S/C24H21FN6O2.C3H9N/c25-15-5-6-31-20(14-27-22(31)11-15)17-2-3-19(23-18(17)13-28-24(23)32)29-21-4-1-16(12-26-21)30-7-9-33-10-8-30;1-4(2)3/h1-6,11-12,14H,7-10,13H2,(H,26,29)(H,28,32);1-3H3. The molecule has 0 aliphatic carbocycles. The first-order chi connectivity index (χ1) is 17.9. The molecule has 2 aliphatic rings. The number of ether oxygens (including phenoxy) is 1. The second-order valence-corrected chi connectivity index (χ2v) is 9.38. The number of carbonyl (C=O) groups is 1. The van der Waals surface area contributed by atoms with Crippen molar-refractivity contribution in [3.63, 3.8) is 0 Å². The highest BCUT2D eigenvalue weighted by atomic mass is 19.1. The lowest BCUT2D eigenvalue weighted by atomic mass is 9.99. The van der Waals surface area contributed by atoms with E-state index in [1.54, 1.807) is 12.4 Å². The summed E-state index contributed by atoms with van der Waals surface area (Å²) < 4.78 is 20.8. The van der Waals surface area contributed by atoms with Crippen LogP contribution in [-0.4, -0.2) is 72.6 Å². The molecule has 9 nitrogen and oxygen atoms in total. The van der Waals surface area contributed by atoms with Gasteiger partial charge in [0.1, 0.15) is 17.3 Å². The van der Waals surface area contributed by atoms with Crippen molar-refractivity contribution in [3.8, 4) is 11.3 Å². The van der Waals surface area contributed by atoms with Crippen LogP contribution in [-0.2, 0) is 11.3 Å². The minimum absolute atomic E-state index is 0.140. The van der Waals surface area contributed by atoms with Gasteiger partial charge in [-0.25, -0.2) is 14.4 Å². The number of pyridine rings is 2. The van der Waals surface area contributed by atoms with Gasteiger partial charge < -0.3 is 25.2 Å². The first kappa shape index (κ1) is 24.7. The van der Waals surface area contributed by atoms with E-state index in [1.807, 2.05) is 60.9 Å². The molecule has 3 aromatic heterocycles. The van der Waals surface area contributed by atoms with Crippen LogP contribution in [0.1, 0.15) is 15.9 Å². The van der Waals surface area contributed by atoms with Crippen molar-refractivity contribution in [1.29, 1.82) is 0 Å². The first-order valence-electron chi connectivity index (χ1n) is 12.1. The van der Waals surface area contributed by atoms with Gasteiger partial charge in [-0.15, -0.1) is 0 Å². The summed E-state index contributed by atoms with van der Waals surface area (Å²) in [7, 11) is 6.00. The molecular formula is C27H30FN7O2. The van der Waals surface area contributed by atoms with Gasteiger partial charge in [0.25, 0.3) is 5.91 Å². The van der Waals surface area contributed by atoms with Gasteiger partial charge in [-0.2, -0.15) is 0 Å². The highest BCUT2D eigenvalue weighted by Crippen LogP contribution is 2.35. The van der Waals surface area contributed by atoms with E-state index in [0.29, 0.717) is 29.3 Å². The van der Waals surface area contributed by atoms with Crippen LogP contribution in [0.5, 0.6) is 0 Å². The number of aromatic nitrogens is 3. The Morgan fingerprint density at radius 3 is 2.57 bits per heavy atom. The van der Waals surface area contributed by atoms with E-state index < -0.39 is 0 Å². The summed E-state index contributed by atoms with van der Waals surface area (Å²) >= 11 is 0. The minimum atomic E-state index is -0.339. The van der Waals surface area contributed by atoms with Crippen LogP contribution in [0.15, 0.2) is 55.0 Å². The van der Waals surface area contributed by atoms with Crippen molar-refractivity contribution < 1.29 is 13.9 Å². The molecule has 5 heterocycles. The lowest BCUT2D eigenvalue weighted by Gasteiger charge is -2.28. The van der Waals surface area contributed by atoms with Crippen LogP contribution in [0.4, 0.5) is 21.6 Å². The number of carbonyl (C=O) groups excluding carboxylic acids is 1. The topological polar surface area (TPSA) is 87.0 Å². The Balaban J connectivity index is 0.000000655. The highest BCUT2D eigenvalue weighted by molar-refractivity contribution is 6.06. The van der Waals surface area contributed by atoms with Gasteiger partial charge in [0.2, 0.25) is 0 Å². The zero-order valence-corrected chi connectivity index (χ0v) is 21.2. The Bertz CT molecular complexity index is 1410. The SMILES string of the molecule is CN(C)C.O=C1NCc2c(-c3cnc4cc(F)ccn34)ccc(Nc3ccc(N4CCOCC4)cn3)c21. The zero-order valence-electron chi connectivity index (χ0n) is 21.2. The fourth-order valence-electron chi connectivity index (χ4n) is 4.45. The van der Waals surface area contributed by atoms with E-state index in [-0.39, 0.29) is 11.7 Å². The van der Waals surface area contributed by atoms with Gasteiger partial charge >= 0.3 is 0 Å². The van der Waals surface area contributed by atoms with Crippen LogP contribution in [0, 0.1) is 5.82 Å². The molecule has 37 heavy (non-hydrogen) atoms. The number of hydrogen-bond acceptors (Lipinski definition) is 7. The fourth-order valence-corrected chi connectivity index (χ4v) is 4.45. The maximum absolute atomic E-state index is 13.6. The number of fused-ring (bicyclic) bond motifs is 2. The van der Waals surface area contributed by atoms with E-state index in [1.165, 1.54) is 12.1 Å². The molecule has 0 bridgehead atoms. The van der Waals surface area contributed by atoms with Gasteiger partial charge in [0, 0.05) is 37.5 Å². The molecule has 0 radical (unpaired) electrons. The lowest BCUT2D eigenvalue weighted by molar-refractivity contribution is 0.0966. The van der Waals surface area contributed by atoms with Crippen molar-refractivity contribution in [2.24, 2.45) is 0 Å². The molecule has 0 atom stereocenters. The Labute approximate surface area is 214 Å². The Kier molecular flexibility index (Phi) is 7.02. The molecule has 2 N–H and O–H groups in total. The first-order valence-corrected chi connectivity index (χ1v) is 12.1. The van der Waals surface area contributed by atoms with Gasteiger partial charge in [0.15, 0.2) is 0 Å². The third-order valence-electron chi connectivity index (χ3n) is 6.10. The average Bonchev–Trinajstić information content (AvgIpc) is 3.49. The predicted molar refractivity (Wildman–Crippen MR) is 142 cm³/mol. The van der Waals surface area contributed by atoms with Crippen molar-refractivity contribution in [2.75, 3.05) is 57.7 Å². The number of rotatable bonds is 4. The number of hydrogen-bond donors (Lipinski definition) is 2. The largest absolute Gasteiger partial charge is 0.378 e. The van der Waals surface area contributed by atoms with Crippen LogP contribution in [0.25, 0.3) is 16.9 Å². The number of morpholine rings is 1. The maximum atomic E-state index is 13.6. The molecule has 1 saturated heterocycles. The van der Waals surface area contributed by atoms with Crippen molar-refractivity contribution >= 4 is 28.7 Å². The maximum Gasteiger partial charge on any atom is 0.254 e. The van der Waals surface area contributed by atoms with E-state index in [2.05, 4.69) is 25.5 Å². The van der Waals surface area contributed by atoms with Crippen LogP contribution in [0.3, 0.4) is 0 Å². The number of nitrogens with one attached hydrogen (secondary N) is 2. The number of benzene rings is 1. The number of imidazole rings is 1. The Morgan fingerprint density at radius 2 is 1.84 bits per heavy atom. The number of halogens is 1. The van der Waals surface area contributed by atoms with Gasteiger partial charge in [-0.3, -0.25) is 9.20 Å². The molecule has 0 unspecified atom stereocenters. The van der Waals surface area contributed by atoms with E-state index in [0.717, 1.165) is 48.8 Å². The number of amides is 1. The second kappa shape index (κ2) is 10.5.